The Balaban J connectivity index is 2.64. The molecule has 0 saturated heterocycles. The Bertz CT molecular complexity index is 338. The summed E-state index contributed by atoms with van der Waals surface area (Å²) in [5.41, 5.74) is 6.88. The van der Waals surface area contributed by atoms with Crippen LogP contribution in [0.15, 0.2) is 4.42 Å². The molecule has 0 aromatic carbocycles. The van der Waals surface area contributed by atoms with Crippen LogP contribution >= 0.6 is 0 Å². The molecular weight excluding hydrogens is 214 g/mol. The fourth-order valence-electron chi connectivity index (χ4n) is 1.75. The lowest BCUT2D eigenvalue weighted by Gasteiger charge is -2.30. The summed E-state index contributed by atoms with van der Waals surface area (Å²) in [5, 5.41) is 0. The zero-order valence-corrected chi connectivity index (χ0v) is 11.7. The lowest BCUT2D eigenvalue weighted by molar-refractivity contribution is 0.169. The van der Waals surface area contributed by atoms with E-state index in [1.807, 2.05) is 13.8 Å². The molecule has 98 valence electrons. The van der Waals surface area contributed by atoms with Crippen molar-refractivity contribution in [1.29, 1.82) is 0 Å². The van der Waals surface area contributed by atoms with Gasteiger partial charge in [0.1, 0.15) is 5.76 Å². The molecule has 0 atom stereocenters. The van der Waals surface area contributed by atoms with Crippen LogP contribution in [0.3, 0.4) is 0 Å². The smallest absolute Gasteiger partial charge is 0.208 e. The van der Waals surface area contributed by atoms with Crippen molar-refractivity contribution >= 4 is 0 Å². The Morgan fingerprint density at radius 2 is 2.00 bits per heavy atom. The third-order valence-corrected chi connectivity index (χ3v) is 3.08. The first-order valence-electron chi connectivity index (χ1n) is 6.23. The summed E-state index contributed by atoms with van der Waals surface area (Å²) in [6.07, 6.45) is 0. The first kappa shape index (κ1) is 14.2. The van der Waals surface area contributed by atoms with Gasteiger partial charge in [-0.3, -0.25) is 4.90 Å². The van der Waals surface area contributed by atoms with Crippen molar-refractivity contribution in [1.82, 2.24) is 9.88 Å². The normalized spacial score (nSPS) is 12.4. The molecule has 0 aliphatic carbocycles. The van der Waals surface area contributed by atoms with Crippen LogP contribution in [0.5, 0.6) is 0 Å². The molecule has 1 heterocycles. The van der Waals surface area contributed by atoms with E-state index in [-0.39, 0.29) is 5.41 Å². The third-order valence-electron chi connectivity index (χ3n) is 3.08. The topological polar surface area (TPSA) is 55.3 Å². The van der Waals surface area contributed by atoms with E-state index >= 15 is 0 Å². The second-order valence-electron chi connectivity index (χ2n) is 5.42. The number of hydrogen-bond acceptors (Lipinski definition) is 4. The second kappa shape index (κ2) is 5.65. The SMILES string of the molecule is CCN(Cc1nc(C)c(C)o1)CC(C)(C)CN. The van der Waals surface area contributed by atoms with Gasteiger partial charge in [-0.15, -0.1) is 0 Å². The minimum absolute atomic E-state index is 0.132. The monoisotopic (exact) mass is 239 g/mol. The van der Waals surface area contributed by atoms with Crippen LogP contribution in [-0.2, 0) is 6.54 Å². The van der Waals surface area contributed by atoms with Gasteiger partial charge in [-0.1, -0.05) is 20.8 Å². The summed E-state index contributed by atoms with van der Waals surface area (Å²) < 4.78 is 5.61. The van der Waals surface area contributed by atoms with Crippen LogP contribution < -0.4 is 5.73 Å². The fraction of sp³-hybridized carbons (Fsp3) is 0.769. The number of nitrogens with zero attached hydrogens (tertiary/aromatic N) is 2. The van der Waals surface area contributed by atoms with Gasteiger partial charge in [-0.25, -0.2) is 4.98 Å². The van der Waals surface area contributed by atoms with Gasteiger partial charge < -0.3 is 10.2 Å². The second-order valence-corrected chi connectivity index (χ2v) is 5.42. The van der Waals surface area contributed by atoms with Crippen molar-refractivity contribution in [2.45, 2.75) is 41.2 Å². The van der Waals surface area contributed by atoms with E-state index in [0.717, 1.165) is 37.0 Å². The summed E-state index contributed by atoms with van der Waals surface area (Å²) in [5.74, 6) is 1.71. The summed E-state index contributed by atoms with van der Waals surface area (Å²) >= 11 is 0. The molecule has 1 aromatic rings. The minimum Gasteiger partial charge on any atom is -0.444 e. The average Bonchev–Trinajstić information content (AvgIpc) is 2.57. The van der Waals surface area contributed by atoms with Crippen LogP contribution in [0, 0.1) is 19.3 Å². The van der Waals surface area contributed by atoms with Crippen molar-refractivity contribution in [2.24, 2.45) is 11.1 Å². The van der Waals surface area contributed by atoms with Crippen molar-refractivity contribution in [3.8, 4) is 0 Å². The van der Waals surface area contributed by atoms with E-state index in [9.17, 15) is 0 Å². The van der Waals surface area contributed by atoms with Crippen LogP contribution in [0.25, 0.3) is 0 Å². The van der Waals surface area contributed by atoms with Crippen molar-refractivity contribution < 1.29 is 4.42 Å². The molecule has 0 saturated carbocycles. The maximum absolute atomic E-state index is 5.77. The highest BCUT2D eigenvalue weighted by Crippen LogP contribution is 2.17. The highest BCUT2D eigenvalue weighted by atomic mass is 16.4. The highest BCUT2D eigenvalue weighted by molar-refractivity contribution is 5.05. The number of aryl methyl sites for hydroxylation is 2. The van der Waals surface area contributed by atoms with Gasteiger partial charge in [-0.05, 0) is 32.4 Å². The third kappa shape index (κ3) is 4.13. The van der Waals surface area contributed by atoms with E-state index in [1.165, 1.54) is 0 Å². The number of oxazole rings is 1. The molecular formula is C13H25N3O. The Hall–Kier alpha value is -0.870. The van der Waals surface area contributed by atoms with E-state index in [2.05, 4.69) is 30.7 Å². The maximum atomic E-state index is 5.77. The van der Waals surface area contributed by atoms with Crippen molar-refractivity contribution in [2.75, 3.05) is 19.6 Å². The van der Waals surface area contributed by atoms with Gasteiger partial charge >= 0.3 is 0 Å². The van der Waals surface area contributed by atoms with Crippen LogP contribution in [0.4, 0.5) is 0 Å². The molecule has 2 N–H and O–H groups in total. The van der Waals surface area contributed by atoms with E-state index in [1.54, 1.807) is 0 Å². The average molecular weight is 239 g/mol. The summed E-state index contributed by atoms with van der Waals surface area (Å²) in [7, 11) is 0. The zero-order valence-electron chi connectivity index (χ0n) is 11.7. The molecule has 1 rings (SSSR count). The lowest BCUT2D eigenvalue weighted by atomic mass is 9.93. The predicted molar refractivity (Wildman–Crippen MR) is 69.8 cm³/mol. The Kier molecular flexibility index (Phi) is 4.71. The van der Waals surface area contributed by atoms with Gasteiger partial charge in [0.05, 0.1) is 12.2 Å². The molecule has 0 fully saturated rings. The molecule has 0 aliphatic rings. The Morgan fingerprint density at radius 1 is 1.35 bits per heavy atom. The van der Waals surface area contributed by atoms with Crippen molar-refractivity contribution in [3.05, 3.63) is 17.3 Å². The molecule has 4 nitrogen and oxygen atoms in total. The van der Waals surface area contributed by atoms with Gasteiger partial charge in [0.2, 0.25) is 5.89 Å². The first-order valence-corrected chi connectivity index (χ1v) is 6.23. The molecule has 17 heavy (non-hydrogen) atoms. The van der Waals surface area contributed by atoms with Crippen LogP contribution in [-0.4, -0.2) is 29.5 Å². The van der Waals surface area contributed by atoms with Crippen LogP contribution in [0.2, 0.25) is 0 Å². The van der Waals surface area contributed by atoms with Gasteiger partial charge in [-0.2, -0.15) is 0 Å². The van der Waals surface area contributed by atoms with E-state index in [4.69, 9.17) is 10.2 Å². The molecule has 0 unspecified atom stereocenters. The number of rotatable bonds is 6. The molecule has 1 aromatic heterocycles. The number of hydrogen-bond donors (Lipinski definition) is 1. The quantitative estimate of drug-likeness (QED) is 0.826. The van der Waals surface area contributed by atoms with E-state index < -0.39 is 0 Å². The van der Waals surface area contributed by atoms with Crippen LogP contribution in [0.1, 0.15) is 38.1 Å². The summed E-state index contributed by atoms with van der Waals surface area (Å²) in [6.45, 7) is 13.8. The molecule has 4 heteroatoms. The largest absolute Gasteiger partial charge is 0.444 e. The molecule has 0 spiro atoms. The molecule has 0 bridgehead atoms. The van der Waals surface area contributed by atoms with Gasteiger partial charge in [0.25, 0.3) is 0 Å². The van der Waals surface area contributed by atoms with E-state index in [0.29, 0.717) is 6.54 Å². The number of aromatic nitrogens is 1. The molecule has 0 radical (unpaired) electrons. The highest BCUT2D eigenvalue weighted by Gasteiger charge is 2.20. The van der Waals surface area contributed by atoms with Crippen molar-refractivity contribution in [3.63, 3.8) is 0 Å². The predicted octanol–water partition coefficient (Wildman–Crippen LogP) is 2.10. The van der Waals surface area contributed by atoms with Gasteiger partial charge in [0, 0.05) is 6.54 Å². The standard InChI is InChI=1S/C13H25N3O/c1-6-16(9-13(4,5)8-14)7-12-15-10(2)11(3)17-12/h6-9,14H2,1-5H3. The molecule has 0 amide bonds. The molecule has 0 aliphatic heterocycles. The lowest BCUT2D eigenvalue weighted by Crippen LogP contribution is -2.38. The Morgan fingerprint density at radius 3 is 2.41 bits per heavy atom. The minimum atomic E-state index is 0.132. The fourth-order valence-corrected chi connectivity index (χ4v) is 1.75. The Labute approximate surface area is 104 Å². The number of nitrogens with two attached hydrogens (primary N) is 1. The summed E-state index contributed by atoms with van der Waals surface area (Å²) in [4.78, 5) is 6.73. The maximum Gasteiger partial charge on any atom is 0.208 e. The first-order chi connectivity index (χ1) is 7.88. The summed E-state index contributed by atoms with van der Waals surface area (Å²) in [6, 6.07) is 0. The van der Waals surface area contributed by atoms with Gasteiger partial charge in [0.15, 0.2) is 0 Å². The zero-order chi connectivity index (χ0) is 13.1.